The number of hydrogen-bond donors (Lipinski definition) is 1. The number of benzene rings is 2. The number of hydrogen-bond acceptors (Lipinski definition) is 5. The lowest BCUT2D eigenvalue weighted by Gasteiger charge is -2.35. The smallest absolute Gasteiger partial charge is 0.268 e. The van der Waals surface area contributed by atoms with Crippen LogP contribution in [0.15, 0.2) is 84.5 Å². The first kappa shape index (κ1) is 28.1. The van der Waals surface area contributed by atoms with Crippen LogP contribution >= 0.6 is 22.9 Å². The lowest BCUT2D eigenvalue weighted by atomic mass is 10.00. The molecule has 1 aliphatic rings. The molecular formula is C32H35ClN4O2S. The van der Waals surface area contributed by atoms with Crippen molar-refractivity contribution >= 4 is 45.5 Å². The van der Waals surface area contributed by atoms with Gasteiger partial charge in [-0.2, -0.15) is 0 Å². The summed E-state index contributed by atoms with van der Waals surface area (Å²) in [5.74, 6) is -0.0735. The fourth-order valence-electron chi connectivity index (χ4n) is 5.32. The number of carbonyl (C=O) groups is 1. The van der Waals surface area contributed by atoms with Gasteiger partial charge in [-0.1, -0.05) is 71.9 Å². The molecule has 1 saturated heterocycles. The molecular weight excluding hydrogens is 540 g/mol. The molecule has 8 heteroatoms. The Morgan fingerprint density at radius 1 is 1.12 bits per heavy atom. The number of halogens is 1. The first-order chi connectivity index (χ1) is 19.4. The molecule has 0 unspecified atom stereocenters. The quantitative estimate of drug-likeness (QED) is 0.159. The van der Waals surface area contributed by atoms with Gasteiger partial charge in [0.05, 0.1) is 16.6 Å². The molecule has 0 atom stereocenters. The molecule has 0 bridgehead atoms. The summed E-state index contributed by atoms with van der Waals surface area (Å²) in [5, 5.41) is 8.77. The summed E-state index contributed by atoms with van der Waals surface area (Å²) in [4.78, 5) is 23.2. The summed E-state index contributed by atoms with van der Waals surface area (Å²) < 4.78 is 2.76. The number of amides is 1. The van der Waals surface area contributed by atoms with Crippen LogP contribution in [0, 0.1) is 0 Å². The largest absolute Gasteiger partial charge is 0.390 e. The fourth-order valence-corrected chi connectivity index (χ4v) is 6.31. The fraction of sp³-hybridized carbons (Fsp3) is 0.312. The van der Waals surface area contributed by atoms with E-state index in [0.717, 1.165) is 52.8 Å². The molecule has 5 rings (SSSR count). The average molecular weight is 575 g/mol. The Bertz CT molecular complexity index is 1500. The third kappa shape index (κ3) is 6.33. The van der Waals surface area contributed by atoms with E-state index in [1.807, 2.05) is 47.0 Å². The number of nitrogens with one attached hydrogen (secondary N) is 1. The second kappa shape index (κ2) is 12.9. The van der Waals surface area contributed by atoms with E-state index in [-0.39, 0.29) is 11.9 Å². The van der Waals surface area contributed by atoms with Crippen molar-refractivity contribution in [1.29, 1.82) is 0 Å². The Morgan fingerprint density at radius 3 is 2.52 bits per heavy atom. The van der Waals surface area contributed by atoms with Crippen LogP contribution in [-0.2, 0) is 18.0 Å². The zero-order valence-corrected chi connectivity index (χ0v) is 24.5. The summed E-state index contributed by atoms with van der Waals surface area (Å²) in [6, 6.07) is 22.7. The number of carbonyl (C=O) groups excluding carboxylic acids is 1. The van der Waals surface area contributed by atoms with Crippen molar-refractivity contribution in [2.75, 3.05) is 13.1 Å². The first-order valence-corrected chi connectivity index (χ1v) is 14.9. The van der Waals surface area contributed by atoms with Crippen LogP contribution in [0.1, 0.15) is 42.1 Å². The van der Waals surface area contributed by atoms with Gasteiger partial charge in [0.1, 0.15) is 5.69 Å². The van der Waals surface area contributed by atoms with Crippen molar-refractivity contribution in [3.63, 3.8) is 0 Å². The average Bonchev–Trinajstić information content (AvgIpc) is 3.53. The molecule has 208 valence electrons. The molecule has 6 nitrogen and oxygen atoms in total. The standard InChI is InChI=1S/C32H35ClN4O2S/c1-4-24(35-39-21-26-14-15-29(33)40-26)20-37-28-13-9-8-12-27(28)30(23-10-6-5-7-11-23)31(37)32(38)34-25-16-18-36(19-17-25)22(2)3/h4-15,22,25H,1,16-21H2,2-3H3,(H,34,38)/b35-24+. The van der Waals surface area contributed by atoms with E-state index in [2.05, 4.69) is 60.1 Å². The van der Waals surface area contributed by atoms with E-state index >= 15 is 0 Å². The monoisotopic (exact) mass is 574 g/mol. The summed E-state index contributed by atoms with van der Waals surface area (Å²) >= 11 is 7.51. The van der Waals surface area contributed by atoms with Gasteiger partial charge in [-0.05, 0) is 56.5 Å². The zero-order chi connectivity index (χ0) is 28.1. The van der Waals surface area contributed by atoms with Gasteiger partial charge in [0.15, 0.2) is 6.61 Å². The predicted octanol–water partition coefficient (Wildman–Crippen LogP) is 7.38. The molecule has 1 aliphatic heterocycles. The van der Waals surface area contributed by atoms with Crippen LogP contribution in [-0.4, -0.2) is 46.3 Å². The van der Waals surface area contributed by atoms with Gasteiger partial charge in [-0.25, -0.2) is 0 Å². The van der Waals surface area contributed by atoms with E-state index in [0.29, 0.717) is 34.9 Å². The molecule has 0 saturated carbocycles. The van der Waals surface area contributed by atoms with Crippen molar-refractivity contribution in [3.8, 4) is 11.1 Å². The topological polar surface area (TPSA) is 58.9 Å². The second-order valence-electron chi connectivity index (χ2n) is 10.3. The van der Waals surface area contributed by atoms with E-state index in [1.165, 1.54) is 11.3 Å². The van der Waals surface area contributed by atoms with Gasteiger partial charge < -0.3 is 19.6 Å². The van der Waals surface area contributed by atoms with Crippen LogP contribution in [0.2, 0.25) is 4.34 Å². The Balaban J connectivity index is 1.50. The van der Waals surface area contributed by atoms with Crippen LogP contribution < -0.4 is 5.32 Å². The number of para-hydroxylation sites is 1. The molecule has 0 radical (unpaired) electrons. The molecule has 3 heterocycles. The minimum Gasteiger partial charge on any atom is -0.390 e. The summed E-state index contributed by atoms with van der Waals surface area (Å²) in [6.45, 7) is 11.0. The minimum absolute atomic E-state index is 0.0735. The SMILES string of the molecule is C=C/C(Cn1c(C(=O)NC2CCN(C(C)C)CC2)c(-c2ccccc2)c2ccccc21)=N\OCc1ccc(Cl)s1. The number of allylic oxidation sites excluding steroid dienone is 1. The van der Waals surface area contributed by atoms with E-state index in [4.69, 9.17) is 16.4 Å². The van der Waals surface area contributed by atoms with Crippen molar-refractivity contribution in [1.82, 2.24) is 14.8 Å². The molecule has 40 heavy (non-hydrogen) atoms. The molecule has 2 aromatic heterocycles. The summed E-state index contributed by atoms with van der Waals surface area (Å²) in [6.07, 6.45) is 3.55. The third-order valence-electron chi connectivity index (χ3n) is 7.42. The van der Waals surface area contributed by atoms with Crippen molar-refractivity contribution in [2.24, 2.45) is 5.16 Å². The first-order valence-electron chi connectivity index (χ1n) is 13.7. The molecule has 0 spiro atoms. The lowest BCUT2D eigenvalue weighted by molar-refractivity contribution is 0.0893. The van der Waals surface area contributed by atoms with E-state index in [9.17, 15) is 4.79 Å². The third-order valence-corrected chi connectivity index (χ3v) is 8.62. The minimum atomic E-state index is -0.0735. The Kier molecular flexibility index (Phi) is 9.04. The molecule has 1 N–H and O–H groups in total. The number of likely N-dealkylation sites (tertiary alicyclic amines) is 1. The molecule has 1 fully saturated rings. The van der Waals surface area contributed by atoms with Gasteiger partial charge in [-0.15, -0.1) is 11.3 Å². The number of rotatable bonds is 10. The van der Waals surface area contributed by atoms with Crippen LogP contribution in [0.4, 0.5) is 0 Å². The highest BCUT2D eigenvalue weighted by molar-refractivity contribution is 7.16. The zero-order valence-electron chi connectivity index (χ0n) is 23.0. The number of oxime groups is 1. The highest BCUT2D eigenvalue weighted by Gasteiger charge is 2.28. The molecule has 1 amide bonds. The normalized spacial score (nSPS) is 15.1. The number of thiophene rings is 1. The van der Waals surface area contributed by atoms with Crippen LogP contribution in [0.3, 0.4) is 0 Å². The van der Waals surface area contributed by atoms with E-state index in [1.54, 1.807) is 6.08 Å². The Labute approximate surface area is 244 Å². The highest BCUT2D eigenvalue weighted by Crippen LogP contribution is 2.35. The number of nitrogens with zero attached hydrogens (tertiary/aromatic N) is 3. The van der Waals surface area contributed by atoms with Gasteiger partial charge >= 0.3 is 0 Å². The Hall–Kier alpha value is -3.39. The maximum atomic E-state index is 14.1. The van der Waals surface area contributed by atoms with Gasteiger partial charge in [0.25, 0.3) is 5.91 Å². The predicted molar refractivity (Wildman–Crippen MR) is 166 cm³/mol. The lowest BCUT2D eigenvalue weighted by Crippen LogP contribution is -2.47. The number of piperidine rings is 1. The summed E-state index contributed by atoms with van der Waals surface area (Å²) in [5.41, 5.74) is 4.13. The van der Waals surface area contributed by atoms with Crippen LogP contribution in [0.25, 0.3) is 22.0 Å². The number of aromatic nitrogens is 1. The maximum absolute atomic E-state index is 14.1. The van der Waals surface area contributed by atoms with Crippen molar-refractivity contribution in [2.45, 2.75) is 51.9 Å². The molecule has 2 aromatic carbocycles. The van der Waals surface area contributed by atoms with Crippen molar-refractivity contribution < 1.29 is 9.63 Å². The van der Waals surface area contributed by atoms with Crippen LogP contribution in [0.5, 0.6) is 0 Å². The highest BCUT2D eigenvalue weighted by atomic mass is 35.5. The van der Waals surface area contributed by atoms with Gasteiger partial charge in [0.2, 0.25) is 0 Å². The summed E-state index contributed by atoms with van der Waals surface area (Å²) in [7, 11) is 0. The van der Waals surface area contributed by atoms with Crippen molar-refractivity contribution in [3.05, 3.63) is 94.3 Å². The maximum Gasteiger partial charge on any atom is 0.268 e. The Morgan fingerprint density at radius 2 is 1.85 bits per heavy atom. The number of fused-ring (bicyclic) bond motifs is 1. The van der Waals surface area contributed by atoms with Gasteiger partial charge in [0, 0.05) is 46.5 Å². The molecule has 4 aromatic rings. The molecule has 0 aliphatic carbocycles. The van der Waals surface area contributed by atoms with Gasteiger partial charge in [-0.3, -0.25) is 4.79 Å². The van der Waals surface area contributed by atoms with E-state index < -0.39 is 0 Å². The second-order valence-corrected chi connectivity index (χ2v) is 12.1.